The monoisotopic (exact) mass is 345 g/mol. The molecule has 3 rings (SSSR count). The van der Waals surface area contributed by atoms with Gasteiger partial charge in [0.05, 0.1) is 11.8 Å². The molecule has 0 bridgehead atoms. The summed E-state index contributed by atoms with van der Waals surface area (Å²) in [6.07, 6.45) is 5.61. The molecule has 1 atom stereocenters. The number of urea groups is 1. The largest absolute Gasteiger partial charge is 0.375 e. The standard InChI is InChI=1S/C18H23N3O2S/c1-23-15(13-8-4-2-5-9-13)12-19-17(22)21-18-20-14-10-6-3-7-11-16(14)24-18/h2,4-5,8-9,15H,3,6-7,10-12H2,1H3,(H2,19,20,21,22). The lowest BCUT2D eigenvalue weighted by Gasteiger charge is -2.16. The molecule has 1 unspecified atom stereocenters. The van der Waals surface area contributed by atoms with Crippen LogP contribution in [0.4, 0.5) is 9.93 Å². The molecule has 1 heterocycles. The second kappa shape index (κ2) is 8.26. The molecular weight excluding hydrogens is 322 g/mol. The number of aryl methyl sites for hydroxylation is 2. The van der Waals surface area contributed by atoms with Crippen LogP contribution < -0.4 is 10.6 Å². The van der Waals surface area contributed by atoms with Crippen molar-refractivity contribution in [3.05, 3.63) is 46.5 Å². The van der Waals surface area contributed by atoms with Gasteiger partial charge in [-0.3, -0.25) is 5.32 Å². The average molecular weight is 345 g/mol. The Kier molecular flexibility index (Phi) is 5.82. The zero-order valence-corrected chi connectivity index (χ0v) is 14.7. The molecule has 0 saturated carbocycles. The molecule has 2 aromatic rings. The maximum Gasteiger partial charge on any atom is 0.321 e. The molecule has 0 spiro atoms. The van der Waals surface area contributed by atoms with Gasteiger partial charge in [0.2, 0.25) is 0 Å². The van der Waals surface area contributed by atoms with Gasteiger partial charge in [-0.15, -0.1) is 11.3 Å². The van der Waals surface area contributed by atoms with Crippen LogP contribution in [0.3, 0.4) is 0 Å². The minimum Gasteiger partial charge on any atom is -0.375 e. The van der Waals surface area contributed by atoms with E-state index in [9.17, 15) is 4.79 Å². The van der Waals surface area contributed by atoms with Gasteiger partial charge in [-0.05, 0) is 31.2 Å². The van der Waals surface area contributed by atoms with E-state index in [2.05, 4.69) is 15.6 Å². The molecule has 6 heteroatoms. The van der Waals surface area contributed by atoms with Crippen LogP contribution in [0.25, 0.3) is 0 Å². The normalized spacial score (nSPS) is 15.2. The van der Waals surface area contributed by atoms with Gasteiger partial charge in [0.1, 0.15) is 0 Å². The molecule has 1 aliphatic rings. The molecule has 1 aliphatic carbocycles. The Labute approximate surface area is 146 Å². The number of thiazole rings is 1. The van der Waals surface area contributed by atoms with Crippen LogP contribution in [0, 0.1) is 0 Å². The van der Waals surface area contributed by atoms with E-state index in [1.165, 1.54) is 24.1 Å². The van der Waals surface area contributed by atoms with Crippen molar-refractivity contribution in [1.82, 2.24) is 10.3 Å². The smallest absolute Gasteiger partial charge is 0.321 e. The number of hydrogen-bond donors (Lipinski definition) is 2. The van der Waals surface area contributed by atoms with Crippen LogP contribution in [0.15, 0.2) is 30.3 Å². The van der Waals surface area contributed by atoms with Gasteiger partial charge in [0.15, 0.2) is 5.13 Å². The highest BCUT2D eigenvalue weighted by Gasteiger charge is 2.16. The van der Waals surface area contributed by atoms with E-state index in [4.69, 9.17) is 4.74 Å². The lowest BCUT2D eigenvalue weighted by Crippen LogP contribution is -2.32. The number of carbonyl (C=O) groups is 1. The highest BCUT2D eigenvalue weighted by molar-refractivity contribution is 7.15. The lowest BCUT2D eigenvalue weighted by molar-refractivity contribution is 0.104. The summed E-state index contributed by atoms with van der Waals surface area (Å²) in [6.45, 7) is 0.414. The maximum absolute atomic E-state index is 12.1. The van der Waals surface area contributed by atoms with Crippen molar-refractivity contribution in [2.24, 2.45) is 0 Å². The van der Waals surface area contributed by atoms with E-state index >= 15 is 0 Å². The van der Waals surface area contributed by atoms with Crippen molar-refractivity contribution in [3.8, 4) is 0 Å². The number of aromatic nitrogens is 1. The fourth-order valence-electron chi connectivity index (χ4n) is 2.91. The number of anilines is 1. The van der Waals surface area contributed by atoms with Crippen LogP contribution in [0.5, 0.6) is 0 Å². The fourth-order valence-corrected chi connectivity index (χ4v) is 3.96. The third kappa shape index (κ3) is 4.33. The first kappa shape index (κ1) is 16.9. The average Bonchev–Trinajstić information content (AvgIpc) is 2.84. The first-order valence-electron chi connectivity index (χ1n) is 8.37. The predicted octanol–water partition coefficient (Wildman–Crippen LogP) is 3.92. The number of hydrogen-bond acceptors (Lipinski definition) is 4. The number of ether oxygens (including phenoxy) is 1. The van der Waals surface area contributed by atoms with E-state index in [1.54, 1.807) is 18.4 Å². The lowest BCUT2D eigenvalue weighted by atomic mass is 10.1. The molecule has 1 aromatic carbocycles. The number of amides is 2. The topological polar surface area (TPSA) is 63.2 Å². The Bertz CT molecular complexity index is 649. The first-order valence-corrected chi connectivity index (χ1v) is 9.19. The van der Waals surface area contributed by atoms with Crippen molar-refractivity contribution in [1.29, 1.82) is 0 Å². The van der Waals surface area contributed by atoms with Gasteiger partial charge in [-0.25, -0.2) is 9.78 Å². The van der Waals surface area contributed by atoms with E-state index in [-0.39, 0.29) is 12.1 Å². The van der Waals surface area contributed by atoms with Gasteiger partial charge in [-0.1, -0.05) is 36.8 Å². The molecule has 0 fully saturated rings. The number of fused-ring (bicyclic) bond motifs is 1. The zero-order valence-electron chi connectivity index (χ0n) is 13.9. The van der Waals surface area contributed by atoms with Gasteiger partial charge >= 0.3 is 6.03 Å². The molecule has 0 radical (unpaired) electrons. The van der Waals surface area contributed by atoms with Crippen LogP contribution in [-0.4, -0.2) is 24.7 Å². The summed E-state index contributed by atoms with van der Waals surface area (Å²) in [5.41, 5.74) is 2.20. The molecular formula is C18H23N3O2S. The summed E-state index contributed by atoms with van der Waals surface area (Å²) >= 11 is 1.60. The van der Waals surface area contributed by atoms with E-state index in [0.29, 0.717) is 11.7 Å². The van der Waals surface area contributed by atoms with Crippen molar-refractivity contribution in [2.75, 3.05) is 19.0 Å². The summed E-state index contributed by atoms with van der Waals surface area (Å²) in [6, 6.07) is 9.63. The summed E-state index contributed by atoms with van der Waals surface area (Å²) in [5, 5.41) is 6.41. The maximum atomic E-state index is 12.1. The third-order valence-electron chi connectivity index (χ3n) is 4.22. The van der Waals surface area contributed by atoms with Gasteiger partial charge in [0.25, 0.3) is 0 Å². The molecule has 128 valence electrons. The van der Waals surface area contributed by atoms with Gasteiger partial charge in [0, 0.05) is 18.5 Å². The molecule has 5 nitrogen and oxygen atoms in total. The van der Waals surface area contributed by atoms with Gasteiger partial charge in [-0.2, -0.15) is 0 Å². The third-order valence-corrected chi connectivity index (χ3v) is 5.29. The number of nitrogens with one attached hydrogen (secondary N) is 2. The van der Waals surface area contributed by atoms with E-state index < -0.39 is 0 Å². The zero-order chi connectivity index (χ0) is 16.8. The summed E-state index contributed by atoms with van der Waals surface area (Å²) in [5.74, 6) is 0. The minimum atomic E-state index is -0.239. The van der Waals surface area contributed by atoms with Crippen LogP contribution in [0.2, 0.25) is 0 Å². The molecule has 2 amide bonds. The summed E-state index contributed by atoms with van der Waals surface area (Å²) in [4.78, 5) is 18.0. The van der Waals surface area contributed by atoms with Crippen molar-refractivity contribution in [3.63, 3.8) is 0 Å². The second-order valence-corrected chi connectivity index (χ2v) is 7.00. The van der Waals surface area contributed by atoms with Crippen molar-refractivity contribution in [2.45, 2.75) is 38.2 Å². The SMILES string of the molecule is COC(CNC(=O)Nc1nc2c(s1)CCCCC2)c1ccccc1. The number of carbonyl (C=O) groups excluding carboxylic acids is 1. The quantitative estimate of drug-likeness (QED) is 0.807. The summed E-state index contributed by atoms with van der Waals surface area (Å²) in [7, 11) is 1.65. The number of methoxy groups -OCH3 is 1. The molecule has 2 N–H and O–H groups in total. The molecule has 1 aromatic heterocycles. The summed E-state index contributed by atoms with van der Waals surface area (Å²) < 4.78 is 5.46. The van der Waals surface area contributed by atoms with Crippen molar-refractivity contribution < 1.29 is 9.53 Å². The Morgan fingerprint density at radius 1 is 1.25 bits per heavy atom. The number of benzene rings is 1. The minimum absolute atomic E-state index is 0.162. The second-order valence-electron chi connectivity index (χ2n) is 5.92. The van der Waals surface area contributed by atoms with Crippen LogP contribution in [0.1, 0.15) is 41.5 Å². The van der Waals surface area contributed by atoms with Crippen LogP contribution in [-0.2, 0) is 17.6 Å². The molecule has 24 heavy (non-hydrogen) atoms. The number of nitrogens with zero attached hydrogens (tertiary/aromatic N) is 1. The fraction of sp³-hybridized carbons (Fsp3) is 0.444. The van der Waals surface area contributed by atoms with Crippen molar-refractivity contribution >= 4 is 22.5 Å². The Morgan fingerprint density at radius 3 is 2.83 bits per heavy atom. The molecule has 0 saturated heterocycles. The Hall–Kier alpha value is -1.92. The highest BCUT2D eigenvalue weighted by Crippen LogP contribution is 2.28. The first-order chi connectivity index (χ1) is 11.8. The van der Waals surface area contributed by atoms with E-state index in [1.807, 2.05) is 30.3 Å². The Morgan fingerprint density at radius 2 is 2.04 bits per heavy atom. The molecule has 0 aliphatic heterocycles. The number of rotatable bonds is 5. The van der Waals surface area contributed by atoms with Gasteiger partial charge < -0.3 is 10.1 Å². The Balaban J connectivity index is 1.54. The van der Waals surface area contributed by atoms with E-state index in [0.717, 1.165) is 24.1 Å². The predicted molar refractivity (Wildman–Crippen MR) is 96.6 cm³/mol. The van der Waals surface area contributed by atoms with Crippen LogP contribution >= 0.6 is 11.3 Å². The highest BCUT2D eigenvalue weighted by atomic mass is 32.1.